The number of benzene rings is 1. The summed E-state index contributed by atoms with van der Waals surface area (Å²) in [5.74, 6) is 0.0763. The molecule has 1 aromatic carbocycles. The zero-order valence-electron chi connectivity index (χ0n) is 9.77. The molecule has 0 heterocycles. The summed E-state index contributed by atoms with van der Waals surface area (Å²) in [5.41, 5.74) is 0.765. The highest BCUT2D eigenvalue weighted by Crippen LogP contribution is 2.31. The lowest BCUT2D eigenvalue weighted by molar-refractivity contribution is -0.144. The van der Waals surface area contributed by atoms with Gasteiger partial charge >= 0.3 is 5.97 Å². The minimum Gasteiger partial charge on any atom is -0.496 e. The summed E-state index contributed by atoms with van der Waals surface area (Å²) in [5, 5.41) is 8.86. The average Bonchev–Trinajstić information content (AvgIpc) is 2.34. The minimum atomic E-state index is -0.798. The molecule has 0 unspecified atom stereocenters. The maximum atomic E-state index is 11.0. The molecule has 1 aromatic rings. The van der Waals surface area contributed by atoms with Crippen LogP contribution in [0, 0.1) is 11.3 Å². The number of esters is 1. The molecular weight excluding hydrogens is 218 g/mol. The number of hydrogen-bond donors (Lipinski definition) is 0. The number of nitrogens with zero attached hydrogens (tertiary/aromatic N) is 1. The molecule has 0 radical (unpaired) electrons. The van der Waals surface area contributed by atoms with Crippen molar-refractivity contribution in [2.75, 3.05) is 7.11 Å². The lowest BCUT2D eigenvalue weighted by Crippen LogP contribution is -2.11. The van der Waals surface area contributed by atoms with E-state index in [2.05, 4.69) is 6.58 Å². The Kier molecular flexibility index (Phi) is 4.29. The van der Waals surface area contributed by atoms with E-state index in [1.807, 2.05) is 6.07 Å². The number of carbonyl (C=O) groups is 1. The molecule has 4 heteroatoms. The number of para-hydroxylation sites is 1. The number of rotatable bonds is 4. The Morgan fingerprint density at radius 1 is 1.47 bits per heavy atom. The first-order chi connectivity index (χ1) is 8.10. The van der Waals surface area contributed by atoms with Gasteiger partial charge in [0.05, 0.1) is 18.8 Å². The highest BCUT2D eigenvalue weighted by atomic mass is 16.5. The van der Waals surface area contributed by atoms with E-state index >= 15 is 0 Å². The molecule has 17 heavy (non-hydrogen) atoms. The van der Waals surface area contributed by atoms with Crippen LogP contribution in [0.1, 0.15) is 18.6 Å². The van der Waals surface area contributed by atoms with Gasteiger partial charge in [-0.05, 0) is 6.07 Å². The van der Waals surface area contributed by atoms with Crippen LogP contribution in [0.3, 0.4) is 0 Å². The maximum absolute atomic E-state index is 11.0. The van der Waals surface area contributed by atoms with Gasteiger partial charge in [0, 0.05) is 12.5 Å². The Morgan fingerprint density at radius 3 is 2.65 bits per heavy atom. The van der Waals surface area contributed by atoms with Gasteiger partial charge in [-0.25, -0.2) is 0 Å². The summed E-state index contributed by atoms with van der Waals surface area (Å²) >= 11 is 0. The number of nitriles is 1. The molecule has 0 saturated carbocycles. The van der Waals surface area contributed by atoms with E-state index in [0.29, 0.717) is 11.3 Å². The summed E-state index contributed by atoms with van der Waals surface area (Å²) in [6.07, 6.45) is -0.798. The predicted octanol–water partition coefficient (Wildman–Crippen LogP) is 2.38. The van der Waals surface area contributed by atoms with Gasteiger partial charge in [0.2, 0.25) is 0 Å². The Morgan fingerprint density at radius 2 is 2.12 bits per heavy atom. The van der Waals surface area contributed by atoms with Gasteiger partial charge in [-0.3, -0.25) is 4.79 Å². The van der Waals surface area contributed by atoms with Crippen LogP contribution in [0.2, 0.25) is 0 Å². The van der Waals surface area contributed by atoms with Crippen molar-refractivity contribution < 1.29 is 14.3 Å². The molecule has 0 fully saturated rings. The molecule has 0 aliphatic rings. The Hall–Kier alpha value is -2.28. The lowest BCUT2D eigenvalue weighted by atomic mass is 10.0. The van der Waals surface area contributed by atoms with E-state index in [-0.39, 0.29) is 5.57 Å². The Balaban J connectivity index is 3.17. The summed E-state index contributed by atoms with van der Waals surface area (Å²) in [7, 11) is 1.51. The fourth-order valence-corrected chi connectivity index (χ4v) is 1.43. The summed E-state index contributed by atoms with van der Waals surface area (Å²) in [6, 6.07) is 8.93. The monoisotopic (exact) mass is 231 g/mol. The molecule has 1 atom stereocenters. The van der Waals surface area contributed by atoms with Gasteiger partial charge in [0.15, 0.2) is 6.10 Å². The second-order valence-electron chi connectivity index (χ2n) is 3.37. The molecule has 1 rings (SSSR count). The molecule has 0 amide bonds. The van der Waals surface area contributed by atoms with Crippen molar-refractivity contribution >= 4 is 5.97 Å². The van der Waals surface area contributed by atoms with E-state index in [1.54, 1.807) is 24.3 Å². The Labute approximate surface area is 100 Å². The first-order valence-electron chi connectivity index (χ1n) is 4.99. The molecular formula is C13H13NO3. The molecule has 0 aromatic heterocycles. The van der Waals surface area contributed by atoms with Crippen molar-refractivity contribution in [3.8, 4) is 11.8 Å². The van der Waals surface area contributed by atoms with Crippen molar-refractivity contribution in [3.05, 3.63) is 42.0 Å². The normalized spacial score (nSPS) is 11.1. The number of hydrogen-bond acceptors (Lipinski definition) is 4. The third-order valence-corrected chi connectivity index (χ3v) is 2.17. The van der Waals surface area contributed by atoms with E-state index < -0.39 is 12.1 Å². The van der Waals surface area contributed by atoms with Crippen LogP contribution in [0.4, 0.5) is 0 Å². The fraction of sp³-hybridized carbons (Fsp3) is 0.231. The van der Waals surface area contributed by atoms with Crippen LogP contribution >= 0.6 is 0 Å². The van der Waals surface area contributed by atoms with E-state index in [1.165, 1.54) is 14.0 Å². The molecule has 0 aliphatic carbocycles. The second kappa shape index (κ2) is 5.71. The van der Waals surface area contributed by atoms with Gasteiger partial charge in [0.1, 0.15) is 5.75 Å². The fourth-order valence-electron chi connectivity index (χ4n) is 1.43. The third kappa shape index (κ3) is 3.08. The molecule has 88 valence electrons. The SMILES string of the molecule is C=C(C#N)[C@H](OC(C)=O)c1ccccc1OC. The quantitative estimate of drug-likeness (QED) is 0.589. The summed E-state index contributed by atoms with van der Waals surface area (Å²) in [4.78, 5) is 11.0. The summed E-state index contributed by atoms with van der Waals surface area (Å²) in [6.45, 7) is 4.87. The predicted molar refractivity (Wildman–Crippen MR) is 62.3 cm³/mol. The molecule has 4 nitrogen and oxygen atoms in total. The molecule has 0 N–H and O–H groups in total. The van der Waals surface area contributed by atoms with Gasteiger partial charge in [-0.2, -0.15) is 5.26 Å². The number of carbonyl (C=O) groups excluding carboxylic acids is 1. The van der Waals surface area contributed by atoms with Gasteiger partial charge in [0.25, 0.3) is 0 Å². The summed E-state index contributed by atoms with van der Waals surface area (Å²) < 4.78 is 10.3. The molecule has 0 saturated heterocycles. The molecule has 0 bridgehead atoms. The standard InChI is InChI=1S/C13H13NO3/c1-9(8-14)13(17-10(2)15)11-6-4-5-7-12(11)16-3/h4-7,13H,1H2,2-3H3/t13-/m0/s1. The van der Waals surface area contributed by atoms with E-state index in [4.69, 9.17) is 14.7 Å². The Bertz CT molecular complexity index is 474. The highest BCUT2D eigenvalue weighted by molar-refractivity contribution is 5.67. The zero-order chi connectivity index (χ0) is 12.8. The van der Waals surface area contributed by atoms with Crippen molar-refractivity contribution in [2.24, 2.45) is 0 Å². The smallest absolute Gasteiger partial charge is 0.303 e. The zero-order valence-corrected chi connectivity index (χ0v) is 9.77. The molecule has 0 aliphatic heterocycles. The van der Waals surface area contributed by atoms with Crippen LogP contribution in [0.5, 0.6) is 5.75 Å². The van der Waals surface area contributed by atoms with Gasteiger partial charge in [-0.15, -0.1) is 0 Å². The topological polar surface area (TPSA) is 59.3 Å². The first-order valence-corrected chi connectivity index (χ1v) is 4.99. The van der Waals surface area contributed by atoms with Crippen molar-refractivity contribution in [2.45, 2.75) is 13.0 Å². The van der Waals surface area contributed by atoms with Crippen LogP contribution in [-0.2, 0) is 9.53 Å². The van der Waals surface area contributed by atoms with Crippen molar-refractivity contribution in [3.63, 3.8) is 0 Å². The average molecular weight is 231 g/mol. The van der Waals surface area contributed by atoms with E-state index in [0.717, 1.165) is 0 Å². The van der Waals surface area contributed by atoms with Gasteiger partial charge < -0.3 is 9.47 Å². The minimum absolute atomic E-state index is 0.157. The van der Waals surface area contributed by atoms with Crippen molar-refractivity contribution in [1.82, 2.24) is 0 Å². The third-order valence-electron chi connectivity index (χ3n) is 2.17. The van der Waals surface area contributed by atoms with E-state index in [9.17, 15) is 4.79 Å². The van der Waals surface area contributed by atoms with Crippen LogP contribution in [-0.4, -0.2) is 13.1 Å². The van der Waals surface area contributed by atoms with Crippen LogP contribution in [0.15, 0.2) is 36.4 Å². The van der Waals surface area contributed by atoms with Crippen LogP contribution < -0.4 is 4.74 Å². The van der Waals surface area contributed by atoms with Crippen LogP contribution in [0.25, 0.3) is 0 Å². The number of methoxy groups -OCH3 is 1. The first kappa shape index (κ1) is 12.8. The number of ether oxygens (including phenoxy) is 2. The van der Waals surface area contributed by atoms with Crippen molar-refractivity contribution in [1.29, 1.82) is 5.26 Å². The second-order valence-corrected chi connectivity index (χ2v) is 3.37. The highest BCUT2D eigenvalue weighted by Gasteiger charge is 2.21. The molecule has 0 spiro atoms. The largest absolute Gasteiger partial charge is 0.496 e. The van der Waals surface area contributed by atoms with Gasteiger partial charge in [-0.1, -0.05) is 24.8 Å². The lowest BCUT2D eigenvalue weighted by Gasteiger charge is -2.18. The maximum Gasteiger partial charge on any atom is 0.303 e.